The van der Waals surface area contributed by atoms with Crippen molar-refractivity contribution in [2.45, 2.75) is 52.6 Å². The predicted molar refractivity (Wildman–Crippen MR) is 86.5 cm³/mol. The molecular formula is C16H23Cl2ORu-. The Morgan fingerprint density at radius 3 is 2.25 bits per heavy atom. The maximum Gasteiger partial charge on any atom is -0.0829 e. The number of hydrogen-bond donors (Lipinski definition) is 0. The number of hydrogen-bond acceptors (Lipinski definition) is 1. The molecule has 0 bridgehead atoms. The fraction of sp³-hybridized carbons (Fsp3) is 0.500. The van der Waals surface area contributed by atoms with Crippen molar-refractivity contribution >= 4 is 23.5 Å². The SMILES string of the molecule is C[C](c1ccccc1OC(C)C)=[Ru]([Cl])[Cl].[CH-]1CCCC1. The standard InChI is InChI=1S/C11H14O.C5H9.2ClH.Ru/c1-4-10-7-5-6-8-11(10)12-9(2)3;1-2-4-5-3-1;;;/h5-9H,1-3H3;1H,2-5H2;2*1H;/q;-1;;;+2/p-2. The van der Waals surface area contributed by atoms with Gasteiger partial charge in [0.05, 0.1) is 0 Å². The van der Waals surface area contributed by atoms with E-state index in [0.29, 0.717) is 0 Å². The molecule has 1 aliphatic rings. The molecule has 0 atom stereocenters. The first-order chi connectivity index (χ1) is 9.52. The molecule has 0 amide bonds. The van der Waals surface area contributed by atoms with E-state index < -0.39 is 13.5 Å². The molecule has 2 rings (SSSR count). The summed E-state index contributed by atoms with van der Waals surface area (Å²) in [7, 11) is 12.0. The Labute approximate surface area is 136 Å². The molecule has 1 saturated carbocycles. The van der Waals surface area contributed by atoms with Crippen molar-refractivity contribution in [3.8, 4) is 5.75 Å². The normalized spacial score (nSPS) is 14.6. The van der Waals surface area contributed by atoms with Crippen molar-refractivity contribution in [3.05, 3.63) is 36.2 Å². The molecule has 0 unspecified atom stereocenters. The van der Waals surface area contributed by atoms with Crippen LogP contribution < -0.4 is 4.74 Å². The third-order valence-electron chi connectivity index (χ3n) is 2.88. The molecule has 1 aromatic carbocycles. The van der Waals surface area contributed by atoms with Crippen LogP contribution >= 0.6 is 19.4 Å². The summed E-state index contributed by atoms with van der Waals surface area (Å²) >= 11 is -1.82. The molecule has 1 nitrogen and oxygen atoms in total. The van der Waals surface area contributed by atoms with Crippen molar-refractivity contribution in [3.63, 3.8) is 0 Å². The Kier molecular flexibility index (Phi) is 9.01. The van der Waals surface area contributed by atoms with Crippen LogP contribution in [-0.2, 0) is 13.5 Å². The van der Waals surface area contributed by atoms with Gasteiger partial charge in [0.25, 0.3) is 0 Å². The number of para-hydroxylation sites is 1. The van der Waals surface area contributed by atoms with Gasteiger partial charge in [-0.2, -0.15) is 12.8 Å². The van der Waals surface area contributed by atoms with E-state index in [4.69, 9.17) is 24.1 Å². The van der Waals surface area contributed by atoms with Crippen LogP contribution in [0.15, 0.2) is 24.3 Å². The molecular weight excluding hydrogens is 380 g/mol. The minimum Gasteiger partial charge on any atom is -0.328 e. The monoisotopic (exact) mass is 403 g/mol. The zero-order valence-electron chi connectivity index (χ0n) is 12.3. The molecule has 1 aromatic rings. The van der Waals surface area contributed by atoms with Crippen LogP contribution in [0.25, 0.3) is 0 Å². The molecule has 0 heterocycles. The molecule has 0 saturated heterocycles. The first-order valence-corrected chi connectivity index (χ1v) is 12.3. The molecule has 0 radical (unpaired) electrons. The van der Waals surface area contributed by atoms with Crippen molar-refractivity contribution < 1.29 is 18.3 Å². The molecule has 0 spiro atoms. The Balaban J connectivity index is 0.000000333. The van der Waals surface area contributed by atoms with Crippen molar-refractivity contribution in [1.82, 2.24) is 0 Å². The smallest absolute Gasteiger partial charge is 0.0829 e. The number of ether oxygens (including phenoxy) is 1. The number of rotatable bonds is 3. The van der Waals surface area contributed by atoms with E-state index in [2.05, 4.69) is 6.42 Å². The Morgan fingerprint density at radius 1 is 1.20 bits per heavy atom. The minimum atomic E-state index is -1.82. The maximum absolute atomic E-state index is 5.99. The third-order valence-corrected chi connectivity index (χ3v) is 6.71. The van der Waals surface area contributed by atoms with E-state index in [-0.39, 0.29) is 6.10 Å². The summed E-state index contributed by atoms with van der Waals surface area (Å²) in [6, 6.07) is 7.87. The average Bonchev–Trinajstić information content (AvgIpc) is 2.97. The molecule has 116 valence electrons. The molecule has 0 aromatic heterocycles. The first kappa shape index (κ1) is 18.1. The molecule has 0 aliphatic heterocycles. The second kappa shape index (κ2) is 9.93. The molecule has 0 N–H and O–H groups in total. The van der Waals surface area contributed by atoms with Gasteiger partial charge in [-0.3, -0.25) is 0 Å². The van der Waals surface area contributed by atoms with Gasteiger partial charge in [-0.25, -0.2) is 0 Å². The molecule has 1 aliphatic carbocycles. The maximum atomic E-state index is 5.99. The summed E-state index contributed by atoms with van der Waals surface area (Å²) in [5.74, 6) is 0.866. The summed E-state index contributed by atoms with van der Waals surface area (Å²) in [6.07, 6.45) is 8.16. The zero-order valence-corrected chi connectivity index (χ0v) is 15.6. The van der Waals surface area contributed by atoms with E-state index in [1.807, 2.05) is 45.0 Å². The second-order valence-corrected chi connectivity index (χ2v) is 11.1. The number of benzene rings is 1. The van der Waals surface area contributed by atoms with Crippen molar-refractivity contribution in [2.75, 3.05) is 0 Å². The third kappa shape index (κ3) is 6.70. The van der Waals surface area contributed by atoms with Crippen LogP contribution in [0.3, 0.4) is 0 Å². The van der Waals surface area contributed by atoms with Gasteiger partial charge in [-0.15, -0.1) is 0 Å². The Bertz CT molecular complexity index is 428. The van der Waals surface area contributed by atoms with Gasteiger partial charge in [0, 0.05) is 0 Å². The zero-order chi connectivity index (χ0) is 15.0. The minimum absolute atomic E-state index is 0.158. The molecule has 4 heteroatoms. The first-order valence-electron chi connectivity index (χ1n) is 6.93. The predicted octanol–water partition coefficient (Wildman–Crippen LogP) is 5.70. The van der Waals surface area contributed by atoms with E-state index in [9.17, 15) is 0 Å². The van der Waals surface area contributed by atoms with Crippen molar-refractivity contribution in [1.29, 1.82) is 0 Å². The quantitative estimate of drug-likeness (QED) is 0.464. The number of halogens is 2. The second-order valence-electron chi connectivity index (χ2n) is 4.94. The van der Waals surface area contributed by atoms with E-state index in [0.717, 1.165) is 15.4 Å². The van der Waals surface area contributed by atoms with E-state index in [1.165, 1.54) is 25.7 Å². The summed E-state index contributed by atoms with van der Waals surface area (Å²) in [6.45, 7) is 5.98. The fourth-order valence-corrected chi connectivity index (χ4v) is 3.46. The molecule has 20 heavy (non-hydrogen) atoms. The van der Waals surface area contributed by atoms with Crippen LogP contribution in [0.4, 0.5) is 0 Å². The van der Waals surface area contributed by atoms with Crippen LogP contribution in [0.1, 0.15) is 52.0 Å². The summed E-state index contributed by atoms with van der Waals surface area (Å²) < 4.78 is 6.76. The van der Waals surface area contributed by atoms with Crippen LogP contribution in [-0.4, -0.2) is 10.2 Å². The fourth-order valence-electron chi connectivity index (χ4n) is 1.90. The average molecular weight is 403 g/mol. The Morgan fingerprint density at radius 2 is 1.80 bits per heavy atom. The van der Waals surface area contributed by atoms with Gasteiger partial charge >= 0.3 is 104 Å². The van der Waals surface area contributed by atoms with Gasteiger partial charge in [-0.1, -0.05) is 12.8 Å². The largest absolute Gasteiger partial charge is 0.328 e. The van der Waals surface area contributed by atoms with Gasteiger partial charge in [0.1, 0.15) is 0 Å². The van der Waals surface area contributed by atoms with Crippen LogP contribution in [0, 0.1) is 6.42 Å². The van der Waals surface area contributed by atoms with E-state index >= 15 is 0 Å². The summed E-state index contributed by atoms with van der Waals surface area (Å²) in [5.41, 5.74) is 1.04. The molecule has 1 fully saturated rings. The van der Waals surface area contributed by atoms with Crippen LogP contribution in [0.2, 0.25) is 0 Å². The summed E-state index contributed by atoms with van der Waals surface area (Å²) in [4.78, 5) is 0. The van der Waals surface area contributed by atoms with Gasteiger partial charge in [0.15, 0.2) is 0 Å². The van der Waals surface area contributed by atoms with Gasteiger partial charge in [-0.05, 0) is 0 Å². The summed E-state index contributed by atoms with van der Waals surface area (Å²) in [5, 5.41) is 0. The topological polar surface area (TPSA) is 9.23 Å². The van der Waals surface area contributed by atoms with Gasteiger partial charge < -0.3 is 6.42 Å². The van der Waals surface area contributed by atoms with E-state index in [1.54, 1.807) is 0 Å². The van der Waals surface area contributed by atoms with Crippen LogP contribution in [0.5, 0.6) is 5.75 Å². The van der Waals surface area contributed by atoms with Crippen molar-refractivity contribution in [2.24, 2.45) is 0 Å². The Hall–Kier alpha value is 0.0934. The van der Waals surface area contributed by atoms with Gasteiger partial charge in [0.2, 0.25) is 0 Å².